The van der Waals surface area contributed by atoms with Gasteiger partial charge in [-0.1, -0.05) is 48.5 Å². The van der Waals surface area contributed by atoms with E-state index in [1.807, 2.05) is 67.6 Å². The molecule has 0 aliphatic carbocycles. The third kappa shape index (κ3) is 2.71. The van der Waals surface area contributed by atoms with Crippen LogP contribution in [-0.2, 0) is 6.61 Å². The van der Waals surface area contributed by atoms with Gasteiger partial charge in [0.25, 0.3) is 0 Å². The second kappa shape index (κ2) is 6.00. The number of pyridine rings is 1. The van der Waals surface area contributed by atoms with Gasteiger partial charge in [0.2, 0.25) is 0 Å². The number of rotatable bonds is 3. The third-order valence-corrected chi connectivity index (χ3v) is 3.67. The molecule has 3 N–H and O–H groups in total. The highest BCUT2D eigenvalue weighted by Gasteiger charge is 2.11. The molecule has 0 fully saturated rings. The monoisotopic (exact) mass is 290 g/mol. The first-order valence-corrected chi connectivity index (χ1v) is 7.22. The summed E-state index contributed by atoms with van der Waals surface area (Å²) < 4.78 is 0. The molecule has 0 unspecified atom stereocenters. The Bertz CT molecular complexity index is 798. The Morgan fingerprint density at radius 3 is 2.36 bits per heavy atom. The average Bonchev–Trinajstić information content (AvgIpc) is 2.56. The molecule has 1 heterocycles. The minimum Gasteiger partial charge on any atom is -0.397 e. The Hall–Kier alpha value is -2.65. The average molecular weight is 290 g/mol. The van der Waals surface area contributed by atoms with Gasteiger partial charge in [0.05, 0.1) is 23.7 Å². The standard InChI is InChI=1S/C19H18N2O/c1-13-10-17(20)19(15-7-3-2-4-8-15)21-18(13)16-9-5-6-14(11-16)12-22/h2-11,22H,12,20H2,1H3. The predicted molar refractivity (Wildman–Crippen MR) is 90.2 cm³/mol. The molecule has 3 heteroatoms. The molecular weight excluding hydrogens is 272 g/mol. The van der Waals surface area contributed by atoms with Crippen molar-refractivity contribution in [2.75, 3.05) is 5.73 Å². The number of aliphatic hydroxyl groups excluding tert-OH is 1. The van der Waals surface area contributed by atoms with Crippen molar-refractivity contribution in [1.82, 2.24) is 4.98 Å². The van der Waals surface area contributed by atoms with Crippen LogP contribution in [-0.4, -0.2) is 10.1 Å². The van der Waals surface area contributed by atoms with Crippen molar-refractivity contribution in [3.63, 3.8) is 0 Å². The summed E-state index contributed by atoms with van der Waals surface area (Å²) in [5.41, 5.74) is 12.4. The van der Waals surface area contributed by atoms with Gasteiger partial charge < -0.3 is 10.8 Å². The van der Waals surface area contributed by atoms with Crippen molar-refractivity contribution in [2.45, 2.75) is 13.5 Å². The number of nitrogens with zero attached hydrogens (tertiary/aromatic N) is 1. The lowest BCUT2D eigenvalue weighted by molar-refractivity contribution is 0.282. The molecule has 0 saturated heterocycles. The van der Waals surface area contributed by atoms with E-state index in [1.165, 1.54) is 0 Å². The molecule has 3 rings (SSSR count). The minimum absolute atomic E-state index is 0.0212. The van der Waals surface area contributed by atoms with E-state index in [-0.39, 0.29) is 6.61 Å². The first-order chi connectivity index (χ1) is 10.7. The van der Waals surface area contributed by atoms with E-state index in [1.54, 1.807) is 0 Å². The number of benzene rings is 2. The van der Waals surface area contributed by atoms with Crippen LogP contribution in [0.15, 0.2) is 60.7 Å². The smallest absolute Gasteiger partial charge is 0.0938 e. The number of aryl methyl sites for hydroxylation is 1. The lowest BCUT2D eigenvalue weighted by Crippen LogP contribution is -1.98. The van der Waals surface area contributed by atoms with Crippen LogP contribution in [0.4, 0.5) is 5.69 Å². The number of aromatic nitrogens is 1. The molecular formula is C19H18N2O. The zero-order valence-corrected chi connectivity index (χ0v) is 12.5. The second-order valence-corrected chi connectivity index (χ2v) is 5.32. The fourth-order valence-corrected chi connectivity index (χ4v) is 2.57. The summed E-state index contributed by atoms with van der Waals surface area (Å²) in [5.74, 6) is 0. The topological polar surface area (TPSA) is 59.1 Å². The van der Waals surface area contributed by atoms with Crippen LogP contribution in [0.1, 0.15) is 11.1 Å². The zero-order valence-electron chi connectivity index (χ0n) is 12.5. The highest BCUT2D eigenvalue weighted by molar-refractivity contribution is 5.77. The third-order valence-electron chi connectivity index (χ3n) is 3.67. The maximum absolute atomic E-state index is 9.31. The Morgan fingerprint density at radius 2 is 1.64 bits per heavy atom. The maximum Gasteiger partial charge on any atom is 0.0938 e. The fraction of sp³-hybridized carbons (Fsp3) is 0.105. The lowest BCUT2D eigenvalue weighted by atomic mass is 10.0. The first-order valence-electron chi connectivity index (χ1n) is 7.22. The van der Waals surface area contributed by atoms with Crippen LogP contribution in [0.5, 0.6) is 0 Å². The molecule has 0 amide bonds. The maximum atomic E-state index is 9.31. The highest BCUT2D eigenvalue weighted by atomic mass is 16.3. The summed E-state index contributed by atoms with van der Waals surface area (Å²) in [7, 11) is 0. The quantitative estimate of drug-likeness (QED) is 0.771. The van der Waals surface area contributed by atoms with Crippen molar-refractivity contribution >= 4 is 5.69 Å². The van der Waals surface area contributed by atoms with Gasteiger partial charge in [0.1, 0.15) is 0 Å². The highest BCUT2D eigenvalue weighted by Crippen LogP contribution is 2.30. The largest absolute Gasteiger partial charge is 0.397 e. The Morgan fingerprint density at radius 1 is 0.909 bits per heavy atom. The number of nitrogen functional groups attached to an aromatic ring is 1. The lowest BCUT2D eigenvalue weighted by Gasteiger charge is -2.12. The van der Waals surface area contributed by atoms with Crippen molar-refractivity contribution < 1.29 is 5.11 Å². The van der Waals surface area contributed by atoms with E-state index in [2.05, 4.69) is 0 Å². The van der Waals surface area contributed by atoms with Gasteiger partial charge in [0.15, 0.2) is 0 Å². The van der Waals surface area contributed by atoms with Crippen LogP contribution in [0.25, 0.3) is 22.5 Å². The van der Waals surface area contributed by atoms with Gasteiger partial charge >= 0.3 is 0 Å². The van der Waals surface area contributed by atoms with Gasteiger partial charge in [0, 0.05) is 11.1 Å². The first kappa shape index (κ1) is 14.3. The van der Waals surface area contributed by atoms with Crippen molar-refractivity contribution in [1.29, 1.82) is 0 Å². The van der Waals surface area contributed by atoms with E-state index in [4.69, 9.17) is 10.7 Å². The molecule has 3 aromatic rings. The number of aliphatic hydroxyl groups is 1. The SMILES string of the molecule is Cc1cc(N)c(-c2ccccc2)nc1-c1cccc(CO)c1. The number of anilines is 1. The van der Waals surface area contributed by atoms with E-state index < -0.39 is 0 Å². The van der Waals surface area contributed by atoms with Crippen molar-refractivity contribution in [3.8, 4) is 22.5 Å². The van der Waals surface area contributed by atoms with Gasteiger partial charge in [-0.3, -0.25) is 0 Å². The minimum atomic E-state index is 0.0212. The molecule has 110 valence electrons. The molecule has 2 aromatic carbocycles. The predicted octanol–water partition coefficient (Wildman–Crippen LogP) is 3.80. The molecule has 1 aromatic heterocycles. The van der Waals surface area contributed by atoms with E-state index in [9.17, 15) is 5.11 Å². The second-order valence-electron chi connectivity index (χ2n) is 5.32. The fourth-order valence-electron chi connectivity index (χ4n) is 2.57. The van der Waals surface area contributed by atoms with E-state index >= 15 is 0 Å². The Labute approximate surface area is 130 Å². The normalized spacial score (nSPS) is 10.6. The van der Waals surface area contributed by atoms with Gasteiger partial charge in [-0.2, -0.15) is 0 Å². The van der Waals surface area contributed by atoms with E-state index in [0.717, 1.165) is 33.6 Å². The molecule has 0 spiro atoms. The van der Waals surface area contributed by atoms with Crippen LogP contribution in [0.2, 0.25) is 0 Å². The summed E-state index contributed by atoms with van der Waals surface area (Å²) in [5, 5.41) is 9.31. The van der Waals surface area contributed by atoms with Crippen molar-refractivity contribution in [2.24, 2.45) is 0 Å². The number of hydrogen-bond acceptors (Lipinski definition) is 3. The van der Waals surface area contributed by atoms with Crippen LogP contribution >= 0.6 is 0 Å². The van der Waals surface area contributed by atoms with Crippen LogP contribution in [0, 0.1) is 6.92 Å². The Balaban J connectivity index is 2.16. The van der Waals surface area contributed by atoms with Crippen molar-refractivity contribution in [3.05, 3.63) is 71.8 Å². The van der Waals surface area contributed by atoms with Crippen LogP contribution < -0.4 is 5.73 Å². The van der Waals surface area contributed by atoms with Crippen LogP contribution in [0.3, 0.4) is 0 Å². The molecule has 0 radical (unpaired) electrons. The molecule has 0 bridgehead atoms. The molecule has 22 heavy (non-hydrogen) atoms. The Kier molecular flexibility index (Phi) is 3.90. The molecule has 0 atom stereocenters. The summed E-state index contributed by atoms with van der Waals surface area (Å²) in [4.78, 5) is 4.78. The number of nitrogens with two attached hydrogens (primary N) is 1. The summed E-state index contributed by atoms with van der Waals surface area (Å²) in [6.07, 6.45) is 0. The number of hydrogen-bond donors (Lipinski definition) is 2. The zero-order chi connectivity index (χ0) is 15.5. The summed E-state index contributed by atoms with van der Waals surface area (Å²) in [6.45, 7) is 2.02. The summed E-state index contributed by atoms with van der Waals surface area (Å²) in [6, 6.07) is 19.7. The summed E-state index contributed by atoms with van der Waals surface area (Å²) >= 11 is 0. The van der Waals surface area contributed by atoms with Gasteiger partial charge in [-0.15, -0.1) is 0 Å². The molecule has 0 saturated carbocycles. The van der Waals surface area contributed by atoms with Gasteiger partial charge in [-0.25, -0.2) is 4.98 Å². The molecule has 0 aliphatic rings. The molecule has 3 nitrogen and oxygen atoms in total. The van der Waals surface area contributed by atoms with E-state index in [0.29, 0.717) is 5.69 Å². The van der Waals surface area contributed by atoms with Gasteiger partial charge in [-0.05, 0) is 30.2 Å². The molecule has 0 aliphatic heterocycles.